The fraction of sp³-hybridized carbons (Fsp3) is 0.300. The van der Waals surface area contributed by atoms with Crippen molar-refractivity contribution in [2.24, 2.45) is 5.92 Å². The van der Waals surface area contributed by atoms with Crippen molar-refractivity contribution in [2.45, 2.75) is 13.3 Å². The van der Waals surface area contributed by atoms with Gasteiger partial charge in [-0.3, -0.25) is 4.79 Å². The van der Waals surface area contributed by atoms with Crippen LogP contribution in [0.2, 0.25) is 0 Å². The number of carbonyl (C=O) groups excluding carboxylic acids is 2. The van der Waals surface area contributed by atoms with Gasteiger partial charge in [0.15, 0.2) is 0 Å². The lowest BCUT2D eigenvalue weighted by Gasteiger charge is -2.17. The molecule has 0 bridgehead atoms. The number of hydrogen-bond donors (Lipinski definition) is 2. The highest BCUT2D eigenvalue weighted by molar-refractivity contribution is 5.96. The van der Waals surface area contributed by atoms with Crippen LogP contribution in [0.15, 0.2) is 48.5 Å². The predicted octanol–water partition coefficient (Wildman–Crippen LogP) is 3.18. The second-order valence-electron chi connectivity index (χ2n) is 6.48. The number of methoxy groups -OCH3 is 1. The van der Waals surface area contributed by atoms with Crippen LogP contribution in [0.5, 0.6) is 5.75 Å². The molecule has 2 N–H and O–H groups in total. The van der Waals surface area contributed by atoms with Crippen molar-refractivity contribution in [3.63, 3.8) is 0 Å². The molecule has 0 saturated carbocycles. The van der Waals surface area contributed by atoms with Gasteiger partial charge in [-0.05, 0) is 48.9 Å². The van der Waals surface area contributed by atoms with E-state index in [-0.39, 0.29) is 17.9 Å². The van der Waals surface area contributed by atoms with Crippen LogP contribution in [0, 0.1) is 12.8 Å². The van der Waals surface area contributed by atoms with Gasteiger partial charge in [0.1, 0.15) is 5.75 Å². The molecule has 1 heterocycles. The van der Waals surface area contributed by atoms with Gasteiger partial charge in [-0.2, -0.15) is 0 Å². The van der Waals surface area contributed by atoms with Crippen LogP contribution in [0.4, 0.5) is 16.2 Å². The molecule has 3 rings (SSSR count). The zero-order valence-corrected chi connectivity index (χ0v) is 15.0. The van der Waals surface area contributed by atoms with Crippen molar-refractivity contribution >= 4 is 23.3 Å². The number of rotatable bonds is 5. The number of anilines is 2. The molecule has 1 aliphatic rings. The summed E-state index contributed by atoms with van der Waals surface area (Å²) in [5, 5.41) is 5.67. The Hall–Kier alpha value is -3.02. The fourth-order valence-corrected chi connectivity index (χ4v) is 3.07. The van der Waals surface area contributed by atoms with Crippen LogP contribution >= 0.6 is 0 Å². The molecule has 0 unspecified atom stereocenters. The Bertz CT molecular complexity index is 789. The zero-order chi connectivity index (χ0) is 18.5. The Labute approximate surface area is 153 Å². The average Bonchev–Trinajstić information content (AvgIpc) is 3.01. The predicted molar refractivity (Wildman–Crippen MR) is 102 cm³/mol. The Morgan fingerprint density at radius 2 is 2.00 bits per heavy atom. The highest BCUT2D eigenvalue weighted by Gasteiger charge is 2.30. The minimum Gasteiger partial charge on any atom is -0.497 e. The number of hydrogen-bond acceptors (Lipinski definition) is 3. The molecule has 2 aromatic carbocycles. The summed E-state index contributed by atoms with van der Waals surface area (Å²) in [6, 6.07) is 14.8. The number of nitrogens with one attached hydrogen (secondary N) is 2. The minimum atomic E-state index is -0.258. The van der Waals surface area contributed by atoms with Gasteiger partial charge >= 0.3 is 6.03 Å². The monoisotopic (exact) mass is 353 g/mol. The highest BCUT2D eigenvalue weighted by Crippen LogP contribution is 2.26. The number of nitrogens with zero attached hydrogens (tertiary/aromatic N) is 1. The first kappa shape index (κ1) is 17.8. The van der Waals surface area contributed by atoms with Gasteiger partial charge < -0.3 is 20.3 Å². The fourth-order valence-electron chi connectivity index (χ4n) is 3.07. The Kier molecular flexibility index (Phi) is 5.41. The van der Waals surface area contributed by atoms with Crippen LogP contribution in [0.25, 0.3) is 0 Å². The molecule has 1 saturated heterocycles. The SMILES string of the molecule is COc1ccc(N2C[C@@H](CNC(=O)Nc3cccc(C)c3)CC2=O)cc1. The van der Waals surface area contributed by atoms with Gasteiger partial charge in [-0.25, -0.2) is 4.79 Å². The second kappa shape index (κ2) is 7.91. The van der Waals surface area contributed by atoms with Crippen LogP contribution in [-0.4, -0.2) is 32.1 Å². The van der Waals surface area contributed by atoms with E-state index in [9.17, 15) is 9.59 Å². The van der Waals surface area contributed by atoms with Crippen molar-refractivity contribution in [3.8, 4) is 5.75 Å². The van der Waals surface area contributed by atoms with Crippen LogP contribution in [-0.2, 0) is 4.79 Å². The summed E-state index contributed by atoms with van der Waals surface area (Å²) >= 11 is 0. The van der Waals surface area contributed by atoms with Crippen LogP contribution in [0.1, 0.15) is 12.0 Å². The van der Waals surface area contributed by atoms with Gasteiger partial charge in [-0.15, -0.1) is 0 Å². The molecule has 6 nitrogen and oxygen atoms in total. The number of aryl methyl sites for hydroxylation is 1. The summed E-state index contributed by atoms with van der Waals surface area (Å²) in [6.07, 6.45) is 0.427. The summed E-state index contributed by atoms with van der Waals surface area (Å²) in [5.74, 6) is 0.917. The Balaban J connectivity index is 1.51. The van der Waals surface area contributed by atoms with E-state index in [0.29, 0.717) is 19.5 Å². The molecule has 26 heavy (non-hydrogen) atoms. The lowest BCUT2D eigenvalue weighted by molar-refractivity contribution is -0.117. The third-order valence-electron chi connectivity index (χ3n) is 4.42. The normalized spacial score (nSPS) is 16.5. The van der Waals surface area contributed by atoms with E-state index in [1.165, 1.54) is 0 Å². The van der Waals surface area contributed by atoms with Gasteiger partial charge in [0.25, 0.3) is 0 Å². The average molecular weight is 353 g/mol. The van der Waals surface area contributed by atoms with E-state index in [2.05, 4.69) is 10.6 Å². The Morgan fingerprint density at radius 3 is 2.69 bits per heavy atom. The van der Waals surface area contributed by atoms with E-state index in [1.807, 2.05) is 55.5 Å². The first-order chi connectivity index (χ1) is 12.5. The maximum atomic E-state index is 12.3. The summed E-state index contributed by atoms with van der Waals surface area (Å²) in [6.45, 7) is 3.02. The van der Waals surface area contributed by atoms with E-state index in [1.54, 1.807) is 12.0 Å². The first-order valence-corrected chi connectivity index (χ1v) is 8.61. The van der Waals surface area contributed by atoms with Crippen molar-refractivity contribution < 1.29 is 14.3 Å². The topological polar surface area (TPSA) is 70.7 Å². The zero-order valence-electron chi connectivity index (χ0n) is 15.0. The lowest BCUT2D eigenvalue weighted by Crippen LogP contribution is -2.34. The van der Waals surface area contributed by atoms with Crippen LogP contribution in [0.3, 0.4) is 0 Å². The van der Waals surface area contributed by atoms with E-state index in [4.69, 9.17) is 4.74 Å². The van der Waals surface area contributed by atoms with Crippen molar-refractivity contribution in [2.75, 3.05) is 30.4 Å². The molecule has 2 aromatic rings. The molecular formula is C20H23N3O3. The van der Waals surface area contributed by atoms with Crippen molar-refractivity contribution in [3.05, 3.63) is 54.1 Å². The molecule has 0 spiro atoms. The quantitative estimate of drug-likeness (QED) is 0.867. The number of carbonyl (C=O) groups is 2. The maximum absolute atomic E-state index is 12.3. The summed E-state index contributed by atoms with van der Waals surface area (Å²) in [4.78, 5) is 26.1. The summed E-state index contributed by atoms with van der Waals surface area (Å²) < 4.78 is 5.14. The number of benzene rings is 2. The van der Waals surface area contributed by atoms with Crippen molar-refractivity contribution in [1.82, 2.24) is 5.32 Å². The molecular weight excluding hydrogens is 330 g/mol. The third kappa shape index (κ3) is 4.33. The minimum absolute atomic E-state index is 0.0704. The second-order valence-corrected chi connectivity index (χ2v) is 6.48. The van der Waals surface area contributed by atoms with Crippen molar-refractivity contribution in [1.29, 1.82) is 0 Å². The molecule has 0 radical (unpaired) electrons. The van der Waals surface area contributed by atoms with Crippen LogP contribution < -0.4 is 20.3 Å². The molecule has 0 aliphatic carbocycles. The maximum Gasteiger partial charge on any atom is 0.319 e. The molecule has 1 atom stereocenters. The molecule has 3 amide bonds. The highest BCUT2D eigenvalue weighted by atomic mass is 16.5. The van der Waals surface area contributed by atoms with Gasteiger partial charge in [0.05, 0.1) is 7.11 Å². The molecule has 1 fully saturated rings. The lowest BCUT2D eigenvalue weighted by atomic mass is 10.1. The number of amides is 3. The molecule has 136 valence electrons. The summed E-state index contributed by atoms with van der Waals surface area (Å²) in [7, 11) is 1.61. The largest absolute Gasteiger partial charge is 0.497 e. The summed E-state index contributed by atoms with van der Waals surface area (Å²) in [5.41, 5.74) is 2.69. The first-order valence-electron chi connectivity index (χ1n) is 8.61. The van der Waals surface area contributed by atoms with Gasteiger partial charge in [0, 0.05) is 36.8 Å². The number of ether oxygens (including phenoxy) is 1. The standard InChI is InChI=1S/C20H23N3O3/c1-14-4-3-5-16(10-14)22-20(25)21-12-15-11-19(24)23(13-15)17-6-8-18(26-2)9-7-17/h3-10,15H,11-13H2,1-2H3,(H2,21,22,25)/t15-/m1/s1. The smallest absolute Gasteiger partial charge is 0.319 e. The van der Waals surface area contributed by atoms with E-state index in [0.717, 1.165) is 22.7 Å². The van der Waals surface area contributed by atoms with E-state index >= 15 is 0 Å². The Morgan fingerprint density at radius 1 is 1.23 bits per heavy atom. The molecule has 1 aliphatic heterocycles. The number of urea groups is 1. The third-order valence-corrected chi connectivity index (χ3v) is 4.42. The molecule has 0 aromatic heterocycles. The molecule has 6 heteroatoms. The van der Waals surface area contributed by atoms with E-state index < -0.39 is 0 Å². The van der Waals surface area contributed by atoms with Gasteiger partial charge in [-0.1, -0.05) is 12.1 Å². The van der Waals surface area contributed by atoms with Gasteiger partial charge in [0.2, 0.25) is 5.91 Å².